The van der Waals surface area contributed by atoms with Crippen LogP contribution in [-0.2, 0) is 0 Å². The highest BCUT2D eigenvalue weighted by Crippen LogP contribution is 2.31. The molecule has 98 valence electrons. The number of rotatable bonds is 5. The standard InChI is InChI=1S/C14H19BrN2S/c1-2-17(9-10-4-3-5-10)13-7-6-11(15)8-12(13)14(16)18/h6-8,10H,2-5,9H2,1H3,(H2,16,18). The average Bonchev–Trinajstić information content (AvgIpc) is 2.28. The van der Waals surface area contributed by atoms with Gasteiger partial charge in [-0.2, -0.15) is 0 Å². The van der Waals surface area contributed by atoms with Gasteiger partial charge in [-0.1, -0.05) is 34.6 Å². The summed E-state index contributed by atoms with van der Waals surface area (Å²) in [7, 11) is 0. The molecule has 1 saturated carbocycles. The van der Waals surface area contributed by atoms with E-state index in [9.17, 15) is 0 Å². The molecule has 0 bridgehead atoms. The highest BCUT2D eigenvalue weighted by molar-refractivity contribution is 9.10. The van der Waals surface area contributed by atoms with E-state index >= 15 is 0 Å². The van der Waals surface area contributed by atoms with Crippen LogP contribution in [0, 0.1) is 5.92 Å². The maximum atomic E-state index is 5.84. The molecule has 1 aliphatic rings. The quantitative estimate of drug-likeness (QED) is 0.836. The lowest BCUT2D eigenvalue weighted by atomic mass is 9.85. The number of nitrogens with two attached hydrogens (primary N) is 1. The van der Waals surface area contributed by atoms with Gasteiger partial charge in [0.2, 0.25) is 0 Å². The fraction of sp³-hybridized carbons (Fsp3) is 0.500. The van der Waals surface area contributed by atoms with Crippen molar-refractivity contribution in [2.24, 2.45) is 11.7 Å². The molecule has 0 amide bonds. The average molecular weight is 327 g/mol. The van der Waals surface area contributed by atoms with Crippen LogP contribution in [0.1, 0.15) is 31.7 Å². The highest BCUT2D eigenvalue weighted by atomic mass is 79.9. The van der Waals surface area contributed by atoms with E-state index in [2.05, 4.69) is 39.9 Å². The highest BCUT2D eigenvalue weighted by Gasteiger charge is 2.21. The van der Waals surface area contributed by atoms with E-state index in [4.69, 9.17) is 18.0 Å². The predicted octanol–water partition coefficient (Wildman–Crippen LogP) is 3.71. The summed E-state index contributed by atoms with van der Waals surface area (Å²) in [5.41, 5.74) is 7.98. The Labute approximate surface area is 123 Å². The number of anilines is 1. The summed E-state index contributed by atoms with van der Waals surface area (Å²) in [5, 5.41) is 0. The SMILES string of the molecule is CCN(CC1CCC1)c1ccc(Br)cc1C(N)=S. The zero-order valence-corrected chi connectivity index (χ0v) is 13.1. The van der Waals surface area contributed by atoms with Crippen LogP contribution in [-0.4, -0.2) is 18.1 Å². The first-order chi connectivity index (χ1) is 8.61. The maximum Gasteiger partial charge on any atom is 0.106 e. The van der Waals surface area contributed by atoms with Crippen molar-refractivity contribution >= 4 is 38.8 Å². The molecule has 0 aromatic heterocycles. The van der Waals surface area contributed by atoms with Crippen molar-refractivity contribution in [3.8, 4) is 0 Å². The van der Waals surface area contributed by atoms with E-state index in [0.717, 1.165) is 29.0 Å². The Morgan fingerprint density at radius 1 is 1.50 bits per heavy atom. The van der Waals surface area contributed by atoms with E-state index in [1.165, 1.54) is 24.9 Å². The first-order valence-corrected chi connectivity index (χ1v) is 7.66. The van der Waals surface area contributed by atoms with Crippen LogP contribution in [0.25, 0.3) is 0 Å². The van der Waals surface area contributed by atoms with Gasteiger partial charge in [-0.15, -0.1) is 0 Å². The minimum Gasteiger partial charge on any atom is -0.389 e. The van der Waals surface area contributed by atoms with Crippen molar-refractivity contribution in [2.45, 2.75) is 26.2 Å². The van der Waals surface area contributed by atoms with Gasteiger partial charge in [0.05, 0.1) is 0 Å². The smallest absolute Gasteiger partial charge is 0.106 e. The van der Waals surface area contributed by atoms with Crippen molar-refractivity contribution in [2.75, 3.05) is 18.0 Å². The topological polar surface area (TPSA) is 29.3 Å². The summed E-state index contributed by atoms with van der Waals surface area (Å²) in [6, 6.07) is 6.18. The largest absolute Gasteiger partial charge is 0.389 e. The Morgan fingerprint density at radius 3 is 2.72 bits per heavy atom. The molecule has 1 aliphatic carbocycles. The minimum absolute atomic E-state index is 0.471. The van der Waals surface area contributed by atoms with Gasteiger partial charge in [0.1, 0.15) is 4.99 Å². The summed E-state index contributed by atoms with van der Waals surface area (Å²) < 4.78 is 1.02. The van der Waals surface area contributed by atoms with E-state index in [0.29, 0.717) is 4.99 Å². The zero-order valence-electron chi connectivity index (χ0n) is 10.7. The molecule has 18 heavy (non-hydrogen) atoms. The fourth-order valence-corrected chi connectivity index (χ4v) is 2.89. The molecule has 2 N–H and O–H groups in total. The number of benzene rings is 1. The Kier molecular flexibility index (Phi) is 4.62. The van der Waals surface area contributed by atoms with Gasteiger partial charge in [-0.05, 0) is 43.9 Å². The normalized spacial score (nSPS) is 15.2. The van der Waals surface area contributed by atoms with Crippen molar-refractivity contribution in [3.05, 3.63) is 28.2 Å². The molecule has 2 nitrogen and oxygen atoms in total. The molecule has 1 aromatic rings. The lowest BCUT2D eigenvalue weighted by Gasteiger charge is -2.34. The number of thiocarbonyl (C=S) groups is 1. The first-order valence-electron chi connectivity index (χ1n) is 6.46. The Morgan fingerprint density at radius 2 is 2.22 bits per heavy atom. The lowest BCUT2D eigenvalue weighted by Crippen LogP contribution is -2.33. The molecule has 2 rings (SSSR count). The summed E-state index contributed by atoms with van der Waals surface area (Å²) >= 11 is 8.64. The molecule has 0 unspecified atom stereocenters. The van der Waals surface area contributed by atoms with Crippen LogP contribution < -0.4 is 10.6 Å². The van der Waals surface area contributed by atoms with Gasteiger partial charge in [0.25, 0.3) is 0 Å². The summed E-state index contributed by atoms with van der Waals surface area (Å²) in [6.45, 7) is 4.30. The van der Waals surface area contributed by atoms with E-state index < -0.39 is 0 Å². The van der Waals surface area contributed by atoms with Crippen molar-refractivity contribution in [1.29, 1.82) is 0 Å². The molecule has 0 radical (unpaired) electrons. The Hall–Kier alpha value is -0.610. The molecule has 0 saturated heterocycles. The van der Waals surface area contributed by atoms with E-state index in [1.54, 1.807) is 0 Å². The van der Waals surface area contributed by atoms with Crippen LogP contribution in [0.2, 0.25) is 0 Å². The van der Waals surface area contributed by atoms with Gasteiger partial charge < -0.3 is 10.6 Å². The lowest BCUT2D eigenvalue weighted by molar-refractivity contribution is 0.318. The van der Waals surface area contributed by atoms with Gasteiger partial charge in [0, 0.05) is 28.8 Å². The summed E-state index contributed by atoms with van der Waals surface area (Å²) in [5.74, 6) is 0.841. The van der Waals surface area contributed by atoms with Crippen molar-refractivity contribution in [3.63, 3.8) is 0 Å². The van der Waals surface area contributed by atoms with Crippen molar-refractivity contribution < 1.29 is 0 Å². The molecular weight excluding hydrogens is 308 g/mol. The molecule has 1 fully saturated rings. The van der Waals surface area contributed by atoms with E-state index in [-0.39, 0.29) is 0 Å². The monoisotopic (exact) mass is 326 g/mol. The minimum atomic E-state index is 0.471. The summed E-state index contributed by atoms with van der Waals surface area (Å²) in [6.07, 6.45) is 4.09. The van der Waals surface area contributed by atoms with Crippen LogP contribution in [0.4, 0.5) is 5.69 Å². The van der Waals surface area contributed by atoms with Crippen LogP contribution in [0.5, 0.6) is 0 Å². The van der Waals surface area contributed by atoms with Gasteiger partial charge >= 0.3 is 0 Å². The molecule has 0 atom stereocenters. The number of nitrogens with zero attached hydrogens (tertiary/aromatic N) is 1. The fourth-order valence-electron chi connectivity index (χ4n) is 2.37. The molecule has 4 heteroatoms. The van der Waals surface area contributed by atoms with E-state index in [1.807, 2.05) is 6.07 Å². The zero-order chi connectivity index (χ0) is 13.1. The van der Waals surface area contributed by atoms with Gasteiger partial charge in [-0.3, -0.25) is 0 Å². The predicted molar refractivity (Wildman–Crippen MR) is 85.3 cm³/mol. The molecular formula is C14H19BrN2S. The third kappa shape index (κ3) is 3.04. The first kappa shape index (κ1) is 13.8. The van der Waals surface area contributed by atoms with Gasteiger partial charge in [-0.25, -0.2) is 0 Å². The second-order valence-electron chi connectivity index (χ2n) is 4.86. The summed E-state index contributed by atoms with van der Waals surface area (Å²) in [4.78, 5) is 2.86. The molecule has 1 aromatic carbocycles. The third-order valence-corrected chi connectivity index (χ3v) is 4.36. The second kappa shape index (κ2) is 6.02. The maximum absolute atomic E-state index is 5.84. The third-order valence-electron chi connectivity index (χ3n) is 3.65. The number of halogens is 1. The number of hydrogen-bond acceptors (Lipinski definition) is 2. The number of hydrogen-bond donors (Lipinski definition) is 1. The van der Waals surface area contributed by atoms with Crippen LogP contribution in [0.3, 0.4) is 0 Å². The van der Waals surface area contributed by atoms with Crippen LogP contribution >= 0.6 is 28.1 Å². The molecule has 0 aliphatic heterocycles. The molecule has 0 heterocycles. The Bertz CT molecular complexity index is 443. The second-order valence-corrected chi connectivity index (χ2v) is 6.22. The Balaban J connectivity index is 2.25. The van der Waals surface area contributed by atoms with Crippen LogP contribution in [0.15, 0.2) is 22.7 Å². The van der Waals surface area contributed by atoms with Crippen molar-refractivity contribution in [1.82, 2.24) is 0 Å². The van der Waals surface area contributed by atoms with Gasteiger partial charge in [0.15, 0.2) is 0 Å². The molecule has 0 spiro atoms.